The number of hydrogen-bond donors (Lipinski definition) is 2. The van der Waals surface area contributed by atoms with Crippen LogP contribution in [0.25, 0.3) is 0 Å². The fourth-order valence-electron chi connectivity index (χ4n) is 5.07. The molecule has 2 atom stereocenters. The van der Waals surface area contributed by atoms with Gasteiger partial charge in [0.2, 0.25) is 0 Å². The van der Waals surface area contributed by atoms with Gasteiger partial charge in [-0.2, -0.15) is 0 Å². The van der Waals surface area contributed by atoms with E-state index < -0.39 is 32.5 Å². The Labute approximate surface area is 299 Å². The molecule has 0 saturated carbocycles. The van der Waals surface area contributed by atoms with Gasteiger partial charge in [-0.3, -0.25) is 18.6 Å². The number of carbonyl (C=O) groups is 2. The molecule has 0 aromatic carbocycles. The first kappa shape index (κ1) is 47.2. The number of phosphoric ester groups is 1. The van der Waals surface area contributed by atoms with Crippen LogP contribution in [-0.4, -0.2) is 49.3 Å². The summed E-state index contributed by atoms with van der Waals surface area (Å²) in [6, 6.07) is 0. The first-order chi connectivity index (χ1) is 23.8. The number of carbonyl (C=O) groups excluding carboxylic acids is 2. The van der Waals surface area contributed by atoms with Crippen molar-refractivity contribution in [2.45, 2.75) is 174 Å². The van der Waals surface area contributed by atoms with E-state index in [1.54, 1.807) is 0 Å². The van der Waals surface area contributed by atoms with Gasteiger partial charge in [0.25, 0.3) is 0 Å². The number of rotatable bonds is 36. The minimum atomic E-state index is -4.37. The summed E-state index contributed by atoms with van der Waals surface area (Å²) in [7, 11) is -4.37. The molecular formula is C39H72NO8P. The van der Waals surface area contributed by atoms with E-state index in [9.17, 15) is 19.0 Å². The number of hydrogen-bond acceptors (Lipinski definition) is 8. The molecule has 10 heteroatoms. The molecule has 49 heavy (non-hydrogen) atoms. The average Bonchev–Trinajstić information content (AvgIpc) is 3.08. The van der Waals surface area contributed by atoms with E-state index in [4.69, 9.17) is 24.3 Å². The molecule has 0 aromatic heterocycles. The predicted octanol–water partition coefficient (Wildman–Crippen LogP) is 10.6. The van der Waals surface area contributed by atoms with Gasteiger partial charge in [-0.1, -0.05) is 121 Å². The van der Waals surface area contributed by atoms with Gasteiger partial charge < -0.3 is 20.1 Å². The van der Waals surface area contributed by atoms with Crippen molar-refractivity contribution in [2.24, 2.45) is 5.73 Å². The van der Waals surface area contributed by atoms with Crippen LogP contribution >= 0.6 is 7.82 Å². The Morgan fingerprint density at radius 1 is 0.612 bits per heavy atom. The molecule has 0 spiro atoms. The number of ether oxygens (including phenoxy) is 2. The lowest BCUT2D eigenvalue weighted by molar-refractivity contribution is -0.161. The highest BCUT2D eigenvalue weighted by Crippen LogP contribution is 2.43. The number of phosphoric acid groups is 1. The molecule has 0 rings (SSSR count). The van der Waals surface area contributed by atoms with Gasteiger partial charge in [-0.05, 0) is 70.6 Å². The summed E-state index contributed by atoms with van der Waals surface area (Å²) >= 11 is 0. The molecule has 0 aliphatic heterocycles. The van der Waals surface area contributed by atoms with Crippen LogP contribution in [0.15, 0.2) is 36.5 Å². The van der Waals surface area contributed by atoms with Gasteiger partial charge >= 0.3 is 19.8 Å². The van der Waals surface area contributed by atoms with Gasteiger partial charge in [0.15, 0.2) is 6.10 Å². The quantitative estimate of drug-likeness (QED) is 0.0281. The van der Waals surface area contributed by atoms with Crippen molar-refractivity contribution in [1.29, 1.82) is 0 Å². The molecule has 0 heterocycles. The van der Waals surface area contributed by atoms with Crippen molar-refractivity contribution >= 4 is 19.8 Å². The third-order valence-electron chi connectivity index (χ3n) is 8.00. The van der Waals surface area contributed by atoms with Crippen LogP contribution in [0.2, 0.25) is 0 Å². The smallest absolute Gasteiger partial charge is 0.462 e. The molecule has 286 valence electrons. The van der Waals surface area contributed by atoms with E-state index in [1.807, 2.05) is 0 Å². The molecule has 0 fully saturated rings. The number of unbranched alkanes of at least 4 members (excludes halogenated alkanes) is 17. The molecule has 0 amide bonds. The second-order valence-corrected chi connectivity index (χ2v) is 14.2. The minimum Gasteiger partial charge on any atom is -0.462 e. The van der Waals surface area contributed by atoms with Crippen LogP contribution in [0.3, 0.4) is 0 Å². The van der Waals surface area contributed by atoms with Crippen molar-refractivity contribution in [1.82, 2.24) is 0 Å². The van der Waals surface area contributed by atoms with E-state index >= 15 is 0 Å². The third kappa shape index (κ3) is 35.8. The molecule has 0 saturated heterocycles. The number of nitrogens with two attached hydrogens (primary N) is 1. The summed E-state index contributed by atoms with van der Waals surface area (Å²) in [6.45, 7) is 3.65. The summed E-state index contributed by atoms with van der Waals surface area (Å²) in [5, 5.41) is 0. The Balaban J connectivity index is 4.25. The summed E-state index contributed by atoms with van der Waals surface area (Å²) in [4.78, 5) is 34.7. The Morgan fingerprint density at radius 2 is 1.06 bits per heavy atom. The van der Waals surface area contributed by atoms with Crippen molar-refractivity contribution < 1.29 is 37.6 Å². The number of esters is 2. The van der Waals surface area contributed by atoms with Gasteiger partial charge in [0.1, 0.15) is 6.61 Å². The molecule has 9 nitrogen and oxygen atoms in total. The van der Waals surface area contributed by atoms with Crippen LogP contribution in [0.1, 0.15) is 168 Å². The Hall–Kier alpha value is -1.77. The standard InChI is InChI=1S/C39H72NO8P/c1-3-5-7-9-11-13-15-17-18-20-21-23-25-27-29-31-38(41)45-35-37(36-47-49(43,44)46-34-33-40)48-39(42)32-30-28-26-24-22-19-16-14-12-10-8-6-4-2/h11,13-14,16-18,37H,3-10,12,15,19-36,40H2,1-2H3,(H,43,44)/b13-11+,16-14+,18-17+/t37-/m1/s1. The first-order valence-corrected chi connectivity index (χ1v) is 21.0. The van der Waals surface area contributed by atoms with E-state index in [-0.39, 0.29) is 32.6 Å². The van der Waals surface area contributed by atoms with Crippen LogP contribution in [-0.2, 0) is 32.7 Å². The van der Waals surface area contributed by atoms with Crippen molar-refractivity contribution in [2.75, 3.05) is 26.4 Å². The molecular weight excluding hydrogens is 641 g/mol. The van der Waals surface area contributed by atoms with Crippen molar-refractivity contribution in [3.05, 3.63) is 36.5 Å². The van der Waals surface area contributed by atoms with Gasteiger partial charge in [0, 0.05) is 19.4 Å². The fraction of sp³-hybridized carbons (Fsp3) is 0.795. The number of allylic oxidation sites excluding steroid dienone is 6. The van der Waals surface area contributed by atoms with E-state index in [2.05, 4.69) is 50.3 Å². The Bertz CT molecular complexity index is 907. The SMILES string of the molecule is CCCCC/C=C/C/C=C/CCCCCCCC(=O)OC[C@H](COP(=O)(O)OCCN)OC(=O)CCCCCCC/C=C/CCCCCC. The Kier molecular flexibility index (Phi) is 34.7. The zero-order chi connectivity index (χ0) is 36.1. The van der Waals surface area contributed by atoms with E-state index in [0.717, 1.165) is 70.6 Å². The van der Waals surface area contributed by atoms with E-state index in [1.165, 1.54) is 57.8 Å². The molecule has 0 bridgehead atoms. The van der Waals surface area contributed by atoms with Crippen LogP contribution in [0.5, 0.6) is 0 Å². The second-order valence-electron chi connectivity index (χ2n) is 12.8. The summed E-state index contributed by atoms with van der Waals surface area (Å²) in [5.41, 5.74) is 5.33. The second kappa shape index (κ2) is 36.0. The lowest BCUT2D eigenvalue weighted by Gasteiger charge is -2.19. The molecule has 0 radical (unpaired) electrons. The Morgan fingerprint density at radius 3 is 1.61 bits per heavy atom. The summed E-state index contributed by atoms with van der Waals surface area (Å²) in [5.74, 6) is -0.857. The van der Waals surface area contributed by atoms with Gasteiger partial charge in [0.05, 0.1) is 13.2 Å². The average molecular weight is 714 g/mol. The van der Waals surface area contributed by atoms with Crippen molar-refractivity contribution in [3.8, 4) is 0 Å². The largest absolute Gasteiger partial charge is 0.472 e. The first-order valence-electron chi connectivity index (χ1n) is 19.5. The monoisotopic (exact) mass is 713 g/mol. The molecule has 1 unspecified atom stereocenters. The fourth-order valence-corrected chi connectivity index (χ4v) is 5.83. The minimum absolute atomic E-state index is 0.0495. The summed E-state index contributed by atoms with van der Waals surface area (Å²) < 4.78 is 32.6. The van der Waals surface area contributed by atoms with E-state index in [0.29, 0.717) is 12.8 Å². The van der Waals surface area contributed by atoms with Crippen LogP contribution in [0.4, 0.5) is 0 Å². The highest BCUT2D eigenvalue weighted by molar-refractivity contribution is 7.47. The van der Waals surface area contributed by atoms with Crippen LogP contribution < -0.4 is 5.73 Å². The molecule has 0 aliphatic carbocycles. The zero-order valence-corrected chi connectivity index (χ0v) is 32.1. The molecule has 0 aliphatic rings. The molecule has 3 N–H and O–H groups in total. The third-order valence-corrected chi connectivity index (χ3v) is 8.98. The highest BCUT2D eigenvalue weighted by Gasteiger charge is 2.25. The summed E-state index contributed by atoms with van der Waals surface area (Å²) in [6.07, 6.45) is 37.4. The van der Waals surface area contributed by atoms with Gasteiger partial charge in [-0.15, -0.1) is 0 Å². The maximum Gasteiger partial charge on any atom is 0.472 e. The molecule has 0 aromatic rings. The lowest BCUT2D eigenvalue weighted by atomic mass is 10.1. The normalized spacial score (nSPS) is 13.8. The van der Waals surface area contributed by atoms with Crippen LogP contribution in [0, 0.1) is 0 Å². The predicted molar refractivity (Wildman–Crippen MR) is 201 cm³/mol. The van der Waals surface area contributed by atoms with Gasteiger partial charge in [-0.25, -0.2) is 4.57 Å². The maximum absolute atomic E-state index is 12.5. The maximum atomic E-state index is 12.5. The zero-order valence-electron chi connectivity index (χ0n) is 31.2. The van der Waals surface area contributed by atoms with Crippen molar-refractivity contribution in [3.63, 3.8) is 0 Å². The lowest BCUT2D eigenvalue weighted by Crippen LogP contribution is -2.29. The highest BCUT2D eigenvalue weighted by atomic mass is 31.2. The topological polar surface area (TPSA) is 134 Å².